The summed E-state index contributed by atoms with van der Waals surface area (Å²) in [4.78, 5) is 23.9. The molecule has 1 aromatic carbocycles. The third-order valence-electron chi connectivity index (χ3n) is 3.81. The second-order valence-electron chi connectivity index (χ2n) is 7.65. The van der Waals surface area contributed by atoms with Crippen molar-refractivity contribution in [1.29, 1.82) is 0 Å². The van der Waals surface area contributed by atoms with Crippen LogP contribution in [0, 0.1) is 0 Å². The quantitative estimate of drug-likeness (QED) is 0.759. The molecule has 27 heavy (non-hydrogen) atoms. The molecule has 7 heteroatoms. The molecule has 1 heterocycles. The van der Waals surface area contributed by atoms with Gasteiger partial charge in [-0.15, -0.1) is 0 Å². The van der Waals surface area contributed by atoms with E-state index in [9.17, 15) is 9.59 Å². The van der Waals surface area contributed by atoms with Crippen LogP contribution in [0.5, 0.6) is 0 Å². The molecule has 0 aliphatic rings. The number of benzene rings is 1. The Bertz CT molecular complexity index is 775. The average Bonchev–Trinajstić information content (AvgIpc) is 2.97. The van der Waals surface area contributed by atoms with Gasteiger partial charge in [0.2, 0.25) is 12.2 Å². The van der Waals surface area contributed by atoms with Crippen LogP contribution in [0.2, 0.25) is 0 Å². The summed E-state index contributed by atoms with van der Waals surface area (Å²) in [5.74, 6) is -0.259. The van der Waals surface area contributed by atoms with Crippen LogP contribution in [-0.2, 0) is 29.7 Å². The maximum atomic E-state index is 12.1. The summed E-state index contributed by atoms with van der Waals surface area (Å²) in [6.45, 7) is 8.15. The Morgan fingerprint density at radius 1 is 1.19 bits per heavy atom. The lowest BCUT2D eigenvalue weighted by Crippen LogP contribution is -2.46. The number of rotatable bonds is 6. The van der Waals surface area contributed by atoms with E-state index in [2.05, 4.69) is 15.2 Å². The normalized spacial score (nSPS) is 12.3. The molecule has 0 bridgehead atoms. The highest BCUT2D eigenvalue weighted by Crippen LogP contribution is 2.08. The van der Waals surface area contributed by atoms with Gasteiger partial charge in [-0.2, -0.15) is 0 Å². The lowest BCUT2D eigenvalue weighted by molar-refractivity contribution is -0.671. The highest BCUT2D eigenvalue weighted by Gasteiger charge is 2.20. The van der Waals surface area contributed by atoms with Gasteiger partial charge in [-0.05, 0) is 38.8 Å². The monoisotopic (exact) mass is 373 g/mol. The molecule has 0 spiro atoms. The first-order valence-corrected chi connectivity index (χ1v) is 8.98. The minimum Gasteiger partial charge on any atom is -0.444 e. The molecule has 0 saturated heterocycles. The third-order valence-corrected chi connectivity index (χ3v) is 3.81. The van der Waals surface area contributed by atoms with Crippen LogP contribution in [0.3, 0.4) is 0 Å². The first-order chi connectivity index (χ1) is 12.6. The fourth-order valence-corrected chi connectivity index (χ4v) is 2.46. The molecule has 1 aromatic heterocycles. The number of hydrogen-bond donors (Lipinski definition) is 2. The summed E-state index contributed by atoms with van der Waals surface area (Å²) in [6.07, 6.45) is 5.43. The van der Waals surface area contributed by atoms with Gasteiger partial charge in [-0.1, -0.05) is 24.3 Å². The number of alkyl carbamates (subject to hydrolysis) is 1. The van der Waals surface area contributed by atoms with E-state index < -0.39 is 17.7 Å². The minimum atomic E-state index is -0.673. The Kier molecular flexibility index (Phi) is 6.60. The lowest BCUT2D eigenvalue weighted by atomic mass is 10.1. The molecule has 146 valence electrons. The Balaban J connectivity index is 1.79. The number of hydrogen-bond acceptors (Lipinski definition) is 3. The molecule has 0 aliphatic heterocycles. The summed E-state index contributed by atoms with van der Waals surface area (Å²) in [7, 11) is 1.99. The lowest BCUT2D eigenvalue weighted by Gasteiger charge is -2.21. The molecular weight excluding hydrogens is 344 g/mol. The van der Waals surface area contributed by atoms with E-state index in [1.807, 2.05) is 54.6 Å². The van der Waals surface area contributed by atoms with E-state index in [-0.39, 0.29) is 5.91 Å². The van der Waals surface area contributed by atoms with Gasteiger partial charge in [0.15, 0.2) is 0 Å². The van der Waals surface area contributed by atoms with Crippen molar-refractivity contribution in [3.8, 4) is 0 Å². The Morgan fingerprint density at radius 3 is 2.37 bits per heavy atom. The Hall–Kier alpha value is -2.83. The Labute approximate surface area is 160 Å². The number of carbonyl (C=O) groups is 2. The molecule has 2 rings (SSSR count). The summed E-state index contributed by atoms with van der Waals surface area (Å²) in [6, 6.07) is 7.40. The smallest absolute Gasteiger partial charge is 0.408 e. The van der Waals surface area contributed by atoms with E-state index >= 15 is 0 Å². The van der Waals surface area contributed by atoms with Gasteiger partial charge in [-0.25, -0.2) is 13.9 Å². The molecule has 0 fully saturated rings. The molecule has 0 unspecified atom stereocenters. The molecule has 2 aromatic rings. The van der Waals surface area contributed by atoms with E-state index in [0.717, 1.165) is 12.1 Å². The van der Waals surface area contributed by atoms with E-state index in [4.69, 9.17) is 4.74 Å². The number of imidazole rings is 1. The van der Waals surface area contributed by atoms with Crippen LogP contribution in [0.15, 0.2) is 43.0 Å². The van der Waals surface area contributed by atoms with Crippen LogP contribution in [-0.4, -0.2) is 28.2 Å². The fraction of sp³-hybridized carbons (Fsp3) is 0.450. The van der Waals surface area contributed by atoms with E-state index in [1.165, 1.54) is 5.56 Å². The zero-order valence-corrected chi connectivity index (χ0v) is 16.7. The maximum Gasteiger partial charge on any atom is 0.408 e. The van der Waals surface area contributed by atoms with Crippen molar-refractivity contribution in [2.24, 2.45) is 7.05 Å². The van der Waals surface area contributed by atoms with Crippen LogP contribution < -0.4 is 15.2 Å². The summed E-state index contributed by atoms with van der Waals surface area (Å²) < 4.78 is 9.25. The maximum absolute atomic E-state index is 12.1. The topological polar surface area (TPSA) is 76.2 Å². The predicted molar refractivity (Wildman–Crippen MR) is 102 cm³/mol. The highest BCUT2D eigenvalue weighted by molar-refractivity contribution is 5.85. The summed E-state index contributed by atoms with van der Waals surface area (Å²) in [5, 5.41) is 5.35. The zero-order valence-electron chi connectivity index (χ0n) is 16.7. The summed E-state index contributed by atoms with van der Waals surface area (Å²) >= 11 is 0. The predicted octanol–water partition coefficient (Wildman–Crippen LogP) is 1.89. The van der Waals surface area contributed by atoms with Gasteiger partial charge >= 0.3 is 6.09 Å². The van der Waals surface area contributed by atoms with Crippen molar-refractivity contribution in [2.75, 3.05) is 0 Å². The van der Waals surface area contributed by atoms with Crippen molar-refractivity contribution in [1.82, 2.24) is 15.2 Å². The van der Waals surface area contributed by atoms with Crippen molar-refractivity contribution < 1.29 is 18.9 Å². The largest absolute Gasteiger partial charge is 0.444 e. The van der Waals surface area contributed by atoms with Gasteiger partial charge in [0.05, 0.1) is 7.05 Å². The van der Waals surface area contributed by atoms with Gasteiger partial charge < -0.3 is 15.4 Å². The number of carbonyl (C=O) groups excluding carboxylic acids is 2. The number of amides is 2. The second kappa shape index (κ2) is 8.70. The van der Waals surface area contributed by atoms with Crippen LogP contribution in [0.4, 0.5) is 4.79 Å². The standard InChI is InChI=1S/C20H28N4O3/c1-15(22-19(26)27-20(2,3)4)18(25)21-12-16-6-8-17(9-7-16)13-24-11-10-23(5)14-24/h6-11,14-15H,12-13H2,1-5H3,(H-,21,22,25,26)/p+1/t15-/m0/s1. The first-order valence-electron chi connectivity index (χ1n) is 8.98. The van der Waals surface area contributed by atoms with Crippen molar-refractivity contribution in [3.63, 3.8) is 0 Å². The van der Waals surface area contributed by atoms with E-state index in [0.29, 0.717) is 6.54 Å². The molecule has 1 atom stereocenters. The number of nitrogens with zero attached hydrogens (tertiary/aromatic N) is 2. The molecule has 0 saturated carbocycles. The highest BCUT2D eigenvalue weighted by atomic mass is 16.6. The van der Waals surface area contributed by atoms with Crippen LogP contribution >= 0.6 is 0 Å². The average molecular weight is 373 g/mol. The molecule has 0 radical (unpaired) electrons. The first kappa shape index (κ1) is 20.5. The zero-order chi connectivity index (χ0) is 20.0. The van der Waals surface area contributed by atoms with Gasteiger partial charge in [0.1, 0.15) is 30.6 Å². The molecular formula is C20H29N4O3+. The number of aryl methyl sites for hydroxylation is 1. The second-order valence-corrected chi connectivity index (χ2v) is 7.65. The SMILES string of the molecule is C[C@H](NC(=O)OC(C)(C)C)C(=O)NCc1ccc(Cn2cc[n+](C)c2)cc1. The minimum absolute atomic E-state index is 0.259. The van der Waals surface area contributed by atoms with E-state index in [1.54, 1.807) is 27.7 Å². The van der Waals surface area contributed by atoms with Gasteiger partial charge in [0.25, 0.3) is 0 Å². The van der Waals surface area contributed by atoms with Gasteiger partial charge in [0, 0.05) is 6.54 Å². The fourth-order valence-electron chi connectivity index (χ4n) is 2.46. The summed E-state index contributed by atoms with van der Waals surface area (Å²) in [5.41, 5.74) is 1.58. The van der Waals surface area contributed by atoms with Crippen molar-refractivity contribution in [2.45, 2.75) is 52.4 Å². The number of aromatic nitrogens is 2. The molecule has 2 amide bonds. The van der Waals surface area contributed by atoms with Crippen LogP contribution in [0.25, 0.3) is 0 Å². The third kappa shape index (κ3) is 7.13. The van der Waals surface area contributed by atoms with Crippen molar-refractivity contribution >= 4 is 12.0 Å². The number of nitrogens with one attached hydrogen (secondary N) is 2. The molecule has 7 nitrogen and oxygen atoms in total. The Morgan fingerprint density at radius 2 is 1.81 bits per heavy atom. The van der Waals surface area contributed by atoms with Crippen LogP contribution in [0.1, 0.15) is 38.8 Å². The number of ether oxygens (including phenoxy) is 1. The van der Waals surface area contributed by atoms with Gasteiger partial charge in [-0.3, -0.25) is 4.79 Å². The molecule has 2 N–H and O–H groups in total. The van der Waals surface area contributed by atoms with Crippen molar-refractivity contribution in [3.05, 3.63) is 54.1 Å². The molecule has 0 aliphatic carbocycles.